The lowest BCUT2D eigenvalue weighted by Gasteiger charge is -2.01. The third-order valence-corrected chi connectivity index (χ3v) is 2.38. The molecule has 0 saturated heterocycles. The molecule has 2 heterocycles. The topological polar surface area (TPSA) is 83.6 Å². The molecule has 0 bridgehead atoms. The summed E-state index contributed by atoms with van der Waals surface area (Å²) < 4.78 is 5.63. The van der Waals surface area contributed by atoms with E-state index in [-0.39, 0.29) is 11.4 Å². The number of rotatable bonds is 1. The number of carboxylic acids is 1. The van der Waals surface area contributed by atoms with Gasteiger partial charge in [-0.1, -0.05) is 0 Å². The van der Waals surface area contributed by atoms with Crippen LogP contribution in [-0.4, -0.2) is 21.2 Å². The van der Waals surface area contributed by atoms with Gasteiger partial charge in [0.2, 0.25) is 0 Å². The van der Waals surface area contributed by atoms with Crippen molar-refractivity contribution in [3.05, 3.63) is 22.1 Å². The van der Waals surface area contributed by atoms with E-state index in [2.05, 4.69) is 20.9 Å². The van der Waals surface area contributed by atoms with Gasteiger partial charge in [0.15, 0.2) is 21.7 Å². The van der Waals surface area contributed by atoms with Crippen LogP contribution in [0.1, 0.15) is 16.2 Å². The van der Waals surface area contributed by atoms with Crippen LogP contribution in [0.3, 0.4) is 0 Å². The predicted octanol–water partition coefficient (Wildman–Crippen LogP) is 2.30. The van der Waals surface area contributed by atoms with Crippen LogP contribution >= 0.6 is 15.9 Å². The first-order valence-electron chi connectivity index (χ1n) is 4.02. The Morgan fingerprint density at radius 2 is 2.27 bits per heavy atom. The number of fused-ring (bicyclic) bond motifs is 1. The standard InChI is InChI=1S/C9H6BrNO4/c1-3-8-4(2-5(10)15-8)7(12)6(11-3)9(13)14/h2,12H,1H3,(H,13,14). The first-order valence-corrected chi connectivity index (χ1v) is 4.82. The lowest BCUT2D eigenvalue weighted by Crippen LogP contribution is -2.02. The Morgan fingerprint density at radius 1 is 1.60 bits per heavy atom. The normalized spacial score (nSPS) is 10.8. The van der Waals surface area contributed by atoms with Crippen LogP contribution in [0.4, 0.5) is 0 Å². The number of pyridine rings is 1. The van der Waals surface area contributed by atoms with E-state index < -0.39 is 5.97 Å². The van der Waals surface area contributed by atoms with Crippen LogP contribution in [0, 0.1) is 6.92 Å². The van der Waals surface area contributed by atoms with Crippen LogP contribution in [0.15, 0.2) is 15.2 Å². The van der Waals surface area contributed by atoms with Crippen molar-refractivity contribution in [3.63, 3.8) is 0 Å². The fourth-order valence-corrected chi connectivity index (χ4v) is 1.74. The van der Waals surface area contributed by atoms with Crippen LogP contribution in [-0.2, 0) is 0 Å². The summed E-state index contributed by atoms with van der Waals surface area (Å²) in [6.07, 6.45) is 0. The SMILES string of the molecule is Cc1nc(C(=O)O)c(O)c2cc(Br)oc12. The number of carbonyl (C=O) groups is 1. The van der Waals surface area contributed by atoms with Crippen molar-refractivity contribution in [1.29, 1.82) is 0 Å². The average molecular weight is 272 g/mol. The van der Waals surface area contributed by atoms with E-state index in [1.807, 2.05) is 0 Å². The zero-order chi connectivity index (χ0) is 11.2. The second kappa shape index (κ2) is 3.23. The minimum atomic E-state index is -1.27. The minimum Gasteiger partial charge on any atom is -0.505 e. The first kappa shape index (κ1) is 9.97. The van der Waals surface area contributed by atoms with Gasteiger partial charge in [0.25, 0.3) is 0 Å². The number of aryl methyl sites for hydroxylation is 1. The van der Waals surface area contributed by atoms with E-state index in [1.165, 1.54) is 6.07 Å². The van der Waals surface area contributed by atoms with Gasteiger partial charge in [-0.05, 0) is 22.9 Å². The molecule has 0 fully saturated rings. The molecule has 0 aliphatic carbocycles. The maximum atomic E-state index is 10.8. The number of halogens is 1. The Balaban J connectivity index is 2.89. The molecule has 0 aliphatic rings. The van der Waals surface area contributed by atoms with Gasteiger partial charge in [0, 0.05) is 6.07 Å². The highest BCUT2D eigenvalue weighted by molar-refractivity contribution is 9.10. The minimum absolute atomic E-state index is 0.340. The van der Waals surface area contributed by atoms with Gasteiger partial charge < -0.3 is 14.6 Å². The highest BCUT2D eigenvalue weighted by Crippen LogP contribution is 2.33. The van der Waals surface area contributed by atoms with Gasteiger partial charge in [-0.15, -0.1) is 0 Å². The van der Waals surface area contributed by atoms with Crippen molar-refractivity contribution in [2.24, 2.45) is 0 Å². The molecule has 0 aliphatic heterocycles. The number of aromatic carboxylic acids is 1. The largest absolute Gasteiger partial charge is 0.505 e. The third kappa shape index (κ3) is 1.46. The second-order valence-electron chi connectivity index (χ2n) is 2.99. The van der Waals surface area contributed by atoms with E-state index in [0.717, 1.165) is 0 Å². The fourth-order valence-electron chi connectivity index (χ4n) is 1.35. The lowest BCUT2D eigenvalue weighted by atomic mass is 10.2. The number of aromatic nitrogens is 1. The number of hydrogen-bond donors (Lipinski definition) is 2. The number of nitrogens with zero attached hydrogens (tertiary/aromatic N) is 1. The lowest BCUT2D eigenvalue weighted by molar-refractivity contribution is 0.0687. The van der Waals surface area contributed by atoms with Gasteiger partial charge in [-0.3, -0.25) is 0 Å². The molecule has 2 aromatic rings. The van der Waals surface area contributed by atoms with Crippen LogP contribution in [0.2, 0.25) is 0 Å². The number of aromatic hydroxyl groups is 1. The van der Waals surface area contributed by atoms with Crippen molar-refractivity contribution >= 4 is 32.9 Å². The fraction of sp³-hybridized carbons (Fsp3) is 0.111. The van der Waals surface area contributed by atoms with Crippen molar-refractivity contribution in [3.8, 4) is 5.75 Å². The maximum Gasteiger partial charge on any atom is 0.358 e. The van der Waals surface area contributed by atoms with Crippen LogP contribution in [0.25, 0.3) is 11.0 Å². The molecule has 5 nitrogen and oxygen atoms in total. The van der Waals surface area contributed by atoms with E-state index in [4.69, 9.17) is 9.52 Å². The van der Waals surface area contributed by atoms with E-state index in [0.29, 0.717) is 21.3 Å². The summed E-state index contributed by atoms with van der Waals surface area (Å²) in [6.45, 7) is 1.62. The second-order valence-corrected chi connectivity index (χ2v) is 3.77. The highest BCUT2D eigenvalue weighted by Gasteiger charge is 2.19. The molecule has 2 rings (SSSR count). The smallest absolute Gasteiger partial charge is 0.358 e. The highest BCUT2D eigenvalue weighted by atomic mass is 79.9. The summed E-state index contributed by atoms with van der Waals surface area (Å²) in [5, 5.41) is 18.8. The zero-order valence-corrected chi connectivity index (χ0v) is 9.20. The van der Waals surface area contributed by atoms with Crippen molar-refractivity contribution in [2.75, 3.05) is 0 Å². The summed E-state index contributed by atoms with van der Waals surface area (Å²) in [4.78, 5) is 14.5. The summed E-state index contributed by atoms with van der Waals surface area (Å²) in [7, 11) is 0. The molecule has 78 valence electrons. The van der Waals surface area contributed by atoms with Gasteiger partial charge in [0.05, 0.1) is 11.1 Å². The summed E-state index contributed by atoms with van der Waals surface area (Å²) in [5.41, 5.74) is 0.434. The molecule has 0 amide bonds. The van der Waals surface area contributed by atoms with Gasteiger partial charge >= 0.3 is 5.97 Å². The molecular weight excluding hydrogens is 266 g/mol. The molecule has 2 N–H and O–H groups in total. The van der Waals surface area contributed by atoms with Gasteiger partial charge in [0.1, 0.15) is 0 Å². The Kier molecular flexibility index (Phi) is 2.15. The molecule has 15 heavy (non-hydrogen) atoms. The maximum absolute atomic E-state index is 10.8. The first-order chi connectivity index (χ1) is 7.00. The van der Waals surface area contributed by atoms with E-state index >= 15 is 0 Å². The summed E-state index contributed by atoms with van der Waals surface area (Å²) >= 11 is 3.10. The van der Waals surface area contributed by atoms with E-state index in [1.54, 1.807) is 6.92 Å². The number of hydrogen-bond acceptors (Lipinski definition) is 4. The van der Waals surface area contributed by atoms with Crippen LogP contribution < -0.4 is 0 Å². The molecule has 0 spiro atoms. The molecular formula is C9H6BrNO4. The van der Waals surface area contributed by atoms with Gasteiger partial charge in [-0.25, -0.2) is 9.78 Å². The Bertz CT molecular complexity index is 561. The molecule has 0 unspecified atom stereocenters. The van der Waals surface area contributed by atoms with Crippen molar-refractivity contribution in [2.45, 2.75) is 6.92 Å². The molecule has 0 atom stereocenters. The third-order valence-electron chi connectivity index (χ3n) is 1.99. The Hall–Kier alpha value is -1.56. The quantitative estimate of drug-likeness (QED) is 0.832. The van der Waals surface area contributed by atoms with Crippen molar-refractivity contribution in [1.82, 2.24) is 4.98 Å². The molecule has 2 aromatic heterocycles. The van der Waals surface area contributed by atoms with Crippen LogP contribution in [0.5, 0.6) is 5.75 Å². The molecule has 6 heteroatoms. The Morgan fingerprint density at radius 3 is 2.87 bits per heavy atom. The molecule has 0 saturated carbocycles. The predicted molar refractivity (Wildman–Crippen MR) is 55.1 cm³/mol. The number of furan rings is 1. The molecule has 0 radical (unpaired) electrons. The zero-order valence-electron chi connectivity index (χ0n) is 7.61. The number of carboxylic acid groups (broad SMARTS) is 1. The van der Waals surface area contributed by atoms with E-state index in [9.17, 15) is 9.90 Å². The Labute approximate surface area is 92.5 Å². The monoisotopic (exact) mass is 271 g/mol. The average Bonchev–Trinajstić information content (AvgIpc) is 2.53. The summed E-state index contributed by atoms with van der Waals surface area (Å²) in [5.74, 6) is -1.65. The summed E-state index contributed by atoms with van der Waals surface area (Å²) in [6, 6.07) is 1.51. The molecule has 0 aromatic carbocycles. The van der Waals surface area contributed by atoms with Gasteiger partial charge in [-0.2, -0.15) is 0 Å². The van der Waals surface area contributed by atoms with Crippen molar-refractivity contribution < 1.29 is 19.4 Å².